The Hall–Kier alpha value is -1.69. The number of allylic oxidation sites excluding steroid dienone is 8. The van der Waals surface area contributed by atoms with E-state index in [-0.39, 0.29) is 12.5 Å². The highest BCUT2D eigenvalue weighted by molar-refractivity contribution is 5.76. The molecule has 0 aliphatic carbocycles. The van der Waals surface area contributed by atoms with Gasteiger partial charge in [-0.1, -0.05) is 249 Å². The molecule has 3 unspecified atom stereocenters. The van der Waals surface area contributed by atoms with Crippen molar-refractivity contribution in [3.05, 3.63) is 48.6 Å². The van der Waals surface area contributed by atoms with Crippen LogP contribution in [0.3, 0.4) is 0 Å². The Morgan fingerprint density at radius 1 is 0.397 bits per heavy atom. The molecular formula is C58H109NO4. The summed E-state index contributed by atoms with van der Waals surface area (Å²) in [5.41, 5.74) is 0. The Bertz CT molecular complexity index is 1020. The van der Waals surface area contributed by atoms with Gasteiger partial charge in [0.1, 0.15) is 6.10 Å². The first-order valence-corrected chi connectivity index (χ1v) is 27.9. The Balaban J connectivity index is 3.51. The molecule has 4 N–H and O–H groups in total. The Morgan fingerprint density at radius 3 is 1.06 bits per heavy atom. The van der Waals surface area contributed by atoms with E-state index in [0.29, 0.717) is 12.8 Å². The molecule has 0 radical (unpaired) electrons. The van der Waals surface area contributed by atoms with E-state index in [0.717, 1.165) is 51.4 Å². The van der Waals surface area contributed by atoms with Gasteiger partial charge in [-0.2, -0.15) is 0 Å². The van der Waals surface area contributed by atoms with Crippen LogP contribution in [-0.2, 0) is 4.79 Å². The molecule has 0 aromatic carbocycles. The van der Waals surface area contributed by atoms with Gasteiger partial charge in [0.15, 0.2) is 0 Å². The number of unbranched alkanes of at least 4 members (excludes halogenated alkanes) is 35. The molecule has 63 heavy (non-hydrogen) atoms. The Morgan fingerprint density at radius 2 is 0.698 bits per heavy atom. The van der Waals surface area contributed by atoms with E-state index in [4.69, 9.17) is 0 Å². The molecule has 0 aromatic rings. The maximum absolute atomic E-state index is 12.5. The maximum atomic E-state index is 12.5. The number of carbonyl (C=O) groups excluding carboxylic acids is 1. The van der Waals surface area contributed by atoms with Crippen LogP contribution < -0.4 is 5.32 Å². The lowest BCUT2D eigenvalue weighted by atomic mass is 10.0. The van der Waals surface area contributed by atoms with E-state index in [1.807, 2.05) is 0 Å². The maximum Gasteiger partial charge on any atom is 0.220 e. The van der Waals surface area contributed by atoms with Gasteiger partial charge in [0, 0.05) is 6.42 Å². The van der Waals surface area contributed by atoms with E-state index < -0.39 is 18.2 Å². The summed E-state index contributed by atoms with van der Waals surface area (Å²) in [6.45, 7) is 4.16. The molecule has 5 nitrogen and oxygen atoms in total. The van der Waals surface area contributed by atoms with Crippen LogP contribution in [0.2, 0.25) is 0 Å². The SMILES string of the molecule is CCCCCCC/C=C/CC/C=C/CCCC(O)C(O)C(CO)NC(=O)CCCCCCCCCCCCCCCCCCC/C=C\C/C=C\CCCCCCCCCCCCC. The van der Waals surface area contributed by atoms with Gasteiger partial charge in [0.25, 0.3) is 0 Å². The summed E-state index contributed by atoms with van der Waals surface area (Å²) in [6.07, 6.45) is 69.9. The van der Waals surface area contributed by atoms with Crippen LogP contribution in [0, 0.1) is 0 Å². The van der Waals surface area contributed by atoms with Crippen molar-refractivity contribution in [2.75, 3.05) is 6.61 Å². The highest BCUT2D eigenvalue weighted by Gasteiger charge is 2.26. The molecule has 0 aliphatic rings. The standard InChI is InChI=1S/C58H109NO4/c1-3-5-7-9-11-13-15-17-19-20-21-22-23-24-25-26-27-28-29-30-31-32-33-34-35-36-37-38-39-41-43-45-47-49-51-53-57(62)59-55(54-60)58(63)56(61)52-50-48-46-44-42-40-18-16-14-12-10-8-6-4-2/h16,18,23-24,26-27,44,46,55-56,58,60-61,63H,3-15,17,19-22,25,28-43,45,47-54H2,1-2H3,(H,59,62)/b18-16+,24-23-,27-26-,46-44+. The molecule has 0 spiro atoms. The fourth-order valence-electron chi connectivity index (χ4n) is 8.56. The van der Waals surface area contributed by atoms with Crippen LogP contribution in [0.25, 0.3) is 0 Å². The second-order valence-corrected chi connectivity index (χ2v) is 19.1. The van der Waals surface area contributed by atoms with Gasteiger partial charge < -0.3 is 20.6 Å². The number of aliphatic hydroxyl groups excluding tert-OH is 3. The van der Waals surface area contributed by atoms with Gasteiger partial charge in [-0.05, 0) is 83.5 Å². The van der Waals surface area contributed by atoms with Gasteiger partial charge in [-0.15, -0.1) is 0 Å². The number of carbonyl (C=O) groups is 1. The zero-order valence-corrected chi connectivity index (χ0v) is 42.2. The third-order valence-corrected chi connectivity index (χ3v) is 12.9. The minimum absolute atomic E-state index is 0.157. The van der Waals surface area contributed by atoms with Crippen LogP contribution in [-0.4, -0.2) is 46.1 Å². The van der Waals surface area contributed by atoms with Crippen molar-refractivity contribution in [2.45, 2.75) is 308 Å². The summed E-state index contributed by atoms with van der Waals surface area (Å²) in [5, 5.41) is 33.6. The number of nitrogens with one attached hydrogen (secondary N) is 1. The molecule has 0 rings (SSSR count). The van der Waals surface area contributed by atoms with Crippen molar-refractivity contribution in [2.24, 2.45) is 0 Å². The second kappa shape index (κ2) is 52.9. The first kappa shape index (κ1) is 61.3. The third-order valence-electron chi connectivity index (χ3n) is 12.9. The molecule has 370 valence electrons. The molecule has 5 heteroatoms. The first-order chi connectivity index (χ1) is 31.1. The number of aliphatic hydroxyl groups is 3. The average molecular weight is 885 g/mol. The normalized spacial score (nSPS) is 13.7. The first-order valence-electron chi connectivity index (χ1n) is 27.9. The quantitative estimate of drug-likeness (QED) is 0.0362. The van der Waals surface area contributed by atoms with Crippen molar-refractivity contribution in [3.8, 4) is 0 Å². The summed E-state index contributed by atoms with van der Waals surface area (Å²) >= 11 is 0. The summed E-state index contributed by atoms with van der Waals surface area (Å²) in [4.78, 5) is 12.5. The van der Waals surface area contributed by atoms with Gasteiger partial charge >= 0.3 is 0 Å². The third kappa shape index (κ3) is 48.1. The van der Waals surface area contributed by atoms with Crippen molar-refractivity contribution in [1.82, 2.24) is 5.32 Å². The fourth-order valence-corrected chi connectivity index (χ4v) is 8.56. The zero-order valence-electron chi connectivity index (χ0n) is 42.2. The van der Waals surface area contributed by atoms with Gasteiger partial charge in [-0.25, -0.2) is 0 Å². The molecular weight excluding hydrogens is 775 g/mol. The second-order valence-electron chi connectivity index (χ2n) is 19.1. The molecule has 0 saturated carbocycles. The number of amides is 1. The Kier molecular flexibility index (Phi) is 51.5. The van der Waals surface area contributed by atoms with Crippen LogP contribution >= 0.6 is 0 Å². The molecule has 0 aromatic heterocycles. The summed E-state index contributed by atoms with van der Waals surface area (Å²) in [7, 11) is 0. The van der Waals surface area contributed by atoms with Crippen LogP contribution in [0.1, 0.15) is 290 Å². The summed E-state index contributed by atoms with van der Waals surface area (Å²) < 4.78 is 0. The predicted octanol–water partition coefficient (Wildman–Crippen LogP) is 17.2. The monoisotopic (exact) mass is 884 g/mol. The van der Waals surface area contributed by atoms with Crippen LogP contribution in [0.5, 0.6) is 0 Å². The van der Waals surface area contributed by atoms with E-state index >= 15 is 0 Å². The molecule has 0 bridgehead atoms. The Labute approximate surface area is 393 Å². The minimum atomic E-state index is -1.17. The molecule has 0 saturated heterocycles. The minimum Gasteiger partial charge on any atom is -0.394 e. The highest BCUT2D eigenvalue weighted by atomic mass is 16.3. The van der Waals surface area contributed by atoms with E-state index in [1.54, 1.807) is 0 Å². The number of rotatable bonds is 51. The van der Waals surface area contributed by atoms with Crippen LogP contribution in [0.4, 0.5) is 0 Å². The summed E-state index contributed by atoms with van der Waals surface area (Å²) in [6, 6.07) is -0.832. The van der Waals surface area contributed by atoms with E-state index in [2.05, 4.69) is 67.8 Å². The van der Waals surface area contributed by atoms with Crippen molar-refractivity contribution in [3.63, 3.8) is 0 Å². The lowest BCUT2D eigenvalue weighted by molar-refractivity contribution is -0.124. The molecule has 3 atom stereocenters. The summed E-state index contributed by atoms with van der Waals surface area (Å²) in [5.74, 6) is -0.157. The number of hydrogen-bond acceptors (Lipinski definition) is 4. The fraction of sp³-hybridized carbons (Fsp3) is 0.845. The lowest BCUT2D eigenvalue weighted by Crippen LogP contribution is -2.50. The smallest absolute Gasteiger partial charge is 0.220 e. The zero-order chi connectivity index (χ0) is 45.8. The van der Waals surface area contributed by atoms with Crippen molar-refractivity contribution >= 4 is 5.91 Å². The molecule has 0 aliphatic heterocycles. The molecule has 1 amide bonds. The lowest BCUT2D eigenvalue weighted by Gasteiger charge is -2.26. The highest BCUT2D eigenvalue weighted by Crippen LogP contribution is 2.17. The average Bonchev–Trinajstić information content (AvgIpc) is 3.29. The van der Waals surface area contributed by atoms with Gasteiger partial charge in [0.2, 0.25) is 5.91 Å². The van der Waals surface area contributed by atoms with Gasteiger partial charge in [-0.3, -0.25) is 4.79 Å². The van der Waals surface area contributed by atoms with Crippen molar-refractivity contribution in [1.29, 1.82) is 0 Å². The van der Waals surface area contributed by atoms with E-state index in [9.17, 15) is 20.1 Å². The van der Waals surface area contributed by atoms with Gasteiger partial charge in [0.05, 0.1) is 18.8 Å². The van der Waals surface area contributed by atoms with Crippen molar-refractivity contribution < 1.29 is 20.1 Å². The van der Waals surface area contributed by atoms with Crippen LogP contribution in [0.15, 0.2) is 48.6 Å². The molecule has 0 heterocycles. The molecule has 0 fully saturated rings. The predicted molar refractivity (Wildman–Crippen MR) is 277 cm³/mol. The largest absolute Gasteiger partial charge is 0.394 e. The topological polar surface area (TPSA) is 89.8 Å². The van der Waals surface area contributed by atoms with E-state index in [1.165, 1.54) is 212 Å². The number of hydrogen-bond donors (Lipinski definition) is 4.